The lowest BCUT2D eigenvalue weighted by molar-refractivity contribution is -0.140. The van der Waals surface area contributed by atoms with E-state index in [-0.39, 0.29) is 54.5 Å². The van der Waals surface area contributed by atoms with E-state index in [2.05, 4.69) is 29.8 Å². The number of fused-ring (bicyclic) bond motifs is 1. The van der Waals surface area contributed by atoms with E-state index in [0.29, 0.717) is 17.7 Å². The maximum Gasteiger partial charge on any atom is 0.434 e. The van der Waals surface area contributed by atoms with Crippen molar-refractivity contribution < 1.29 is 36.2 Å². The van der Waals surface area contributed by atoms with E-state index in [0.717, 1.165) is 12.5 Å². The van der Waals surface area contributed by atoms with Crippen molar-refractivity contribution in [3.63, 3.8) is 0 Å². The maximum absolute atomic E-state index is 13.2. The molecule has 1 aliphatic rings. The van der Waals surface area contributed by atoms with Crippen LogP contribution >= 0.6 is 0 Å². The zero-order chi connectivity index (χ0) is 28.6. The quantitative estimate of drug-likeness (QED) is 0.293. The van der Waals surface area contributed by atoms with Gasteiger partial charge >= 0.3 is 12.8 Å². The van der Waals surface area contributed by atoms with Crippen LogP contribution in [-0.2, 0) is 30.6 Å². The Balaban J connectivity index is 1.44. The SMILES string of the molecule is CCn1cc(C(F)(F)F)nc1-c1ccc(CN2C(=O)CCn3nc(-c4c(OC)ncnc4OC(F)F)nc32)cc1. The number of carbonyl (C=O) groups is 1. The monoisotopic (exact) mass is 564 g/mol. The Labute approximate surface area is 223 Å². The summed E-state index contributed by atoms with van der Waals surface area (Å²) in [6.07, 6.45) is -2.51. The Kier molecular flexibility index (Phi) is 7.08. The molecule has 1 aliphatic heterocycles. The van der Waals surface area contributed by atoms with E-state index >= 15 is 0 Å². The molecule has 0 radical (unpaired) electrons. The first-order valence-corrected chi connectivity index (χ1v) is 11.9. The number of ether oxygens (including phenoxy) is 2. The highest BCUT2D eigenvalue weighted by molar-refractivity contribution is 5.93. The number of alkyl halides is 5. The fourth-order valence-corrected chi connectivity index (χ4v) is 4.24. The van der Waals surface area contributed by atoms with E-state index in [4.69, 9.17) is 4.74 Å². The van der Waals surface area contributed by atoms with Gasteiger partial charge in [0.05, 0.1) is 20.2 Å². The second kappa shape index (κ2) is 10.5. The predicted octanol–water partition coefficient (Wildman–Crippen LogP) is 4.18. The lowest BCUT2D eigenvalue weighted by Crippen LogP contribution is -2.37. The third kappa shape index (κ3) is 5.15. The summed E-state index contributed by atoms with van der Waals surface area (Å²) < 4.78 is 78.0. The first kappa shape index (κ1) is 27.0. The number of amides is 1. The van der Waals surface area contributed by atoms with Crippen molar-refractivity contribution in [3.8, 4) is 34.5 Å². The molecule has 11 nitrogen and oxygen atoms in total. The number of nitrogens with zero attached hydrogens (tertiary/aromatic N) is 8. The van der Waals surface area contributed by atoms with Gasteiger partial charge in [-0.15, -0.1) is 5.10 Å². The van der Waals surface area contributed by atoms with Crippen LogP contribution in [0.4, 0.5) is 27.9 Å². The van der Waals surface area contributed by atoms with Crippen LogP contribution in [0.2, 0.25) is 0 Å². The molecule has 16 heteroatoms. The number of carbonyl (C=O) groups excluding carboxylic acids is 1. The van der Waals surface area contributed by atoms with E-state index in [1.807, 2.05) is 0 Å². The summed E-state index contributed by atoms with van der Waals surface area (Å²) in [6, 6.07) is 6.58. The highest BCUT2D eigenvalue weighted by Gasteiger charge is 2.35. The number of anilines is 1. The summed E-state index contributed by atoms with van der Waals surface area (Å²) in [4.78, 5) is 30.0. The summed E-state index contributed by atoms with van der Waals surface area (Å²) in [5, 5.41) is 4.34. The smallest absolute Gasteiger partial charge is 0.434 e. The first-order valence-electron chi connectivity index (χ1n) is 11.9. The molecule has 0 atom stereocenters. The molecule has 0 fully saturated rings. The number of imidazole rings is 1. The van der Waals surface area contributed by atoms with E-state index in [9.17, 15) is 26.7 Å². The second-order valence-corrected chi connectivity index (χ2v) is 8.56. The number of hydrogen-bond acceptors (Lipinski definition) is 8. The minimum absolute atomic E-state index is 0.0656. The van der Waals surface area contributed by atoms with E-state index in [1.54, 1.807) is 31.2 Å². The molecule has 40 heavy (non-hydrogen) atoms. The van der Waals surface area contributed by atoms with Crippen LogP contribution in [-0.4, -0.2) is 53.9 Å². The van der Waals surface area contributed by atoms with Gasteiger partial charge in [-0.1, -0.05) is 24.3 Å². The molecule has 0 N–H and O–H groups in total. The summed E-state index contributed by atoms with van der Waals surface area (Å²) in [5.74, 6) is -0.600. The third-order valence-electron chi connectivity index (χ3n) is 6.09. The van der Waals surface area contributed by atoms with Gasteiger partial charge in [0, 0.05) is 24.7 Å². The fraction of sp³-hybridized carbons (Fsp3) is 0.333. The lowest BCUT2D eigenvalue weighted by Gasteiger charge is -2.26. The average Bonchev–Trinajstić information content (AvgIpc) is 3.55. The molecule has 210 valence electrons. The standard InChI is InChI=1S/C24H21F5N8O3/c1-3-35-11-15(24(27,28)29)32-19(35)14-6-4-13(5-7-14)10-36-16(38)8-9-37-23(36)33-18(34-37)17-20(39-2)30-12-31-21(17)40-22(25)26/h4-7,11-12,22H,3,8-10H2,1-2H3. The molecule has 1 amide bonds. The lowest BCUT2D eigenvalue weighted by atomic mass is 10.1. The molecule has 1 aromatic carbocycles. The van der Waals surface area contributed by atoms with Gasteiger partial charge in [0.2, 0.25) is 23.6 Å². The minimum Gasteiger partial charge on any atom is -0.480 e. The Bertz CT molecular complexity index is 1530. The van der Waals surface area contributed by atoms with Crippen molar-refractivity contribution >= 4 is 11.9 Å². The first-order chi connectivity index (χ1) is 19.1. The van der Waals surface area contributed by atoms with Gasteiger partial charge in [0.1, 0.15) is 17.7 Å². The second-order valence-electron chi connectivity index (χ2n) is 8.56. The highest BCUT2D eigenvalue weighted by atomic mass is 19.4. The number of halogens is 5. The molecular formula is C24H21F5N8O3. The zero-order valence-electron chi connectivity index (χ0n) is 21.1. The number of rotatable bonds is 8. The fourth-order valence-electron chi connectivity index (χ4n) is 4.24. The third-order valence-corrected chi connectivity index (χ3v) is 6.09. The van der Waals surface area contributed by atoms with Gasteiger partial charge in [-0.05, 0) is 12.5 Å². The van der Waals surface area contributed by atoms with E-state index < -0.39 is 24.4 Å². The maximum atomic E-state index is 13.2. The molecular weight excluding hydrogens is 543 g/mol. The summed E-state index contributed by atoms with van der Waals surface area (Å²) in [6.45, 7) is -0.908. The average molecular weight is 564 g/mol. The zero-order valence-corrected chi connectivity index (χ0v) is 21.1. The molecule has 3 aromatic heterocycles. The van der Waals surface area contributed by atoms with Crippen LogP contribution in [0.15, 0.2) is 36.8 Å². The minimum atomic E-state index is -4.57. The van der Waals surface area contributed by atoms with Crippen LogP contribution < -0.4 is 14.4 Å². The van der Waals surface area contributed by atoms with Crippen molar-refractivity contribution in [2.45, 2.75) is 45.8 Å². The Morgan fingerprint density at radius 1 is 1.07 bits per heavy atom. The molecule has 0 spiro atoms. The van der Waals surface area contributed by atoms with Gasteiger partial charge in [0.25, 0.3) is 0 Å². The van der Waals surface area contributed by atoms with Gasteiger partial charge in [-0.25, -0.2) is 19.6 Å². The molecule has 0 aliphatic carbocycles. The highest BCUT2D eigenvalue weighted by Crippen LogP contribution is 2.36. The van der Waals surface area contributed by atoms with Crippen molar-refractivity contribution in [2.24, 2.45) is 0 Å². The number of aromatic nitrogens is 7. The van der Waals surface area contributed by atoms with Crippen LogP contribution in [0.3, 0.4) is 0 Å². The van der Waals surface area contributed by atoms with Gasteiger partial charge in [-0.3, -0.25) is 9.69 Å². The van der Waals surface area contributed by atoms with Crippen molar-refractivity contribution in [1.29, 1.82) is 0 Å². The molecule has 4 heterocycles. The largest absolute Gasteiger partial charge is 0.480 e. The molecule has 0 saturated heterocycles. The van der Waals surface area contributed by atoms with Crippen molar-refractivity contribution in [3.05, 3.63) is 48.0 Å². The summed E-state index contributed by atoms with van der Waals surface area (Å²) in [7, 11) is 1.28. The van der Waals surface area contributed by atoms with Gasteiger partial charge in [-0.2, -0.15) is 26.9 Å². The molecule has 0 unspecified atom stereocenters. The Morgan fingerprint density at radius 3 is 2.45 bits per heavy atom. The van der Waals surface area contributed by atoms with Crippen LogP contribution in [0, 0.1) is 0 Å². The summed E-state index contributed by atoms with van der Waals surface area (Å²) >= 11 is 0. The Morgan fingerprint density at radius 2 is 1.80 bits per heavy atom. The molecule has 5 rings (SSSR count). The molecule has 0 saturated carbocycles. The summed E-state index contributed by atoms with van der Waals surface area (Å²) in [5.41, 5.74) is 0.0426. The van der Waals surface area contributed by atoms with E-state index in [1.165, 1.54) is 21.3 Å². The number of aryl methyl sites for hydroxylation is 2. The molecule has 4 aromatic rings. The van der Waals surface area contributed by atoms with Crippen LogP contribution in [0.25, 0.3) is 22.8 Å². The Hall–Kier alpha value is -4.63. The molecule has 0 bridgehead atoms. The van der Waals surface area contributed by atoms with Crippen molar-refractivity contribution in [1.82, 2.24) is 34.3 Å². The van der Waals surface area contributed by atoms with Crippen LogP contribution in [0.1, 0.15) is 24.6 Å². The van der Waals surface area contributed by atoms with Crippen LogP contribution in [0.5, 0.6) is 11.8 Å². The topological polar surface area (TPSA) is 113 Å². The number of benzene rings is 1. The van der Waals surface area contributed by atoms with Gasteiger partial charge in [0.15, 0.2) is 11.5 Å². The predicted molar refractivity (Wildman–Crippen MR) is 128 cm³/mol. The number of hydrogen-bond donors (Lipinski definition) is 0. The normalized spacial score (nSPS) is 13.6. The number of methoxy groups -OCH3 is 1. The van der Waals surface area contributed by atoms with Crippen molar-refractivity contribution in [2.75, 3.05) is 12.0 Å². The van der Waals surface area contributed by atoms with Gasteiger partial charge < -0.3 is 14.0 Å².